The van der Waals surface area contributed by atoms with Gasteiger partial charge in [0.15, 0.2) is 11.5 Å². The fraction of sp³-hybridized carbons (Fsp3) is 0.111. The summed E-state index contributed by atoms with van der Waals surface area (Å²) in [7, 11) is 2.89. The molecule has 1 aromatic heterocycles. The Kier molecular flexibility index (Phi) is 4.49. The topological polar surface area (TPSA) is 101 Å². The van der Waals surface area contributed by atoms with Gasteiger partial charge in [0, 0.05) is 17.0 Å². The van der Waals surface area contributed by atoms with Gasteiger partial charge in [-0.15, -0.1) is 0 Å². The van der Waals surface area contributed by atoms with Gasteiger partial charge in [0.1, 0.15) is 22.7 Å². The second-order valence-electron chi connectivity index (χ2n) is 5.22. The van der Waals surface area contributed by atoms with E-state index in [-0.39, 0.29) is 11.3 Å². The van der Waals surface area contributed by atoms with Gasteiger partial charge in [0.2, 0.25) is 0 Å². The molecule has 26 heavy (non-hydrogen) atoms. The zero-order valence-electron chi connectivity index (χ0n) is 13.9. The maximum absolute atomic E-state index is 13.2. The van der Waals surface area contributed by atoms with E-state index >= 15 is 0 Å². The van der Waals surface area contributed by atoms with E-state index in [4.69, 9.17) is 19.6 Å². The molecule has 1 amide bonds. The standard InChI is InChI=1S/C18H14FNO6/c1-23-13-7-11-12(8-14(13)24-2)25-16(9-3-5-10(19)6-4-9)15(11)17(21)26-18(20)22/h3-8H,1-2H3,(H2,20,22). The summed E-state index contributed by atoms with van der Waals surface area (Å²) < 4.78 is 33.9. The van der Waals surface area contributed by atoms with Crippen LogP contribution >= 0.6 is 0 Å². The number of methoxy groups -OCH3 is 2. The number of hydrogen-bond donors (Lipinski definition) is 1. The van der Waals surface area contributed by atoms with Crippen molar-refractivity contribution in [3.8, 4) is 22.8 Å². The lowest BCUT2D eigenvalue weighted by molar-refractivity contribution is 0.0640. The van der Waals surface area contributed by atoms with Gasteiger partial charge in [0.25, 0.3) is 0 Å². The highest BCUT2D eigenvalue weighted by molar-refractivity contribution is 6.11. The Bertz CT molecular complexity index is 993. The van der Waals surface area contributed by atoms with Crippen LogP contribution in [0.15, 0.2) is 40.8 Å². The number of furan rings is 1. The fourth-order valence-corrected chi connectivity index (χ4v) is 2.57. The van der Waals surface area contributed by atoms with E-state index < -0.39 is 17.9 Å². The zero-order valence-corrected chi connectivity index (χ0v) is 13.9. The Morgan fingerprint density at radius 3 is 2.23 bits per heavy atom. The molecule has 0 aliphatic heterocycles. The summed E-state index contributed by atoms with van der Waals surface area (Å²) in [5, 5.41) is 0.327. The molecule has 2 aromatic carbocycles. The summed E-state index contributed by atoms with van der Waals surface area (Å²) in [5.74, 6) is -0.618. The Morgan fingerprint density at radius 2 is 1.65 bits per heavy atom. The van der Waals surface area contributed by atoms with Gasteiger partial charge in [-0.2, -0.15) is 0 Å². The maximum Gasteiger partial charge on any atom is 0.412 e. The van der Waals surface area contributed by atoms with Crippen molar-refractivity contribution in [3.63, 3.8) is 0 Å². The van der Waals surface area contributed by atoms with Crippen molar-refractivity contribution in [3.05, 3.63) is 47.8 Å². The minimum Gasteiger partial charge on any atom is -0.493 e. The third-order valence-corrected chi connectivity index (χ3v) is 3.70. The number of carbonyl (C=O) groups is 2. The van der Waals surface area contributed by atoms with Crippen molar-refractivity contribution < 1.29 is 32.6 Å². The Balaban J connectivity index is 2.29. The van der Waals surface area contributed by atoms with Crippen LogP contribution in [-0.2, 0) is 4.74 Å². The SMILES string of the molecule is COc1cc2oc(-c3ccc(F)cc3)c(C(=O)OC(N)=O)c2cc1OC. The highest BCUT2D eigenvalue weighted by Gasteiger charge is 2.26. The quantitative estimate of drug-likeness (QED) is 0.565. The molecule has 134 valence electrons. The molecule has 3 rings (SSSR count). The Hall–Kier alpha value is -3.55. The summed E-state index contributed by atoms with van der Waals surface area (Å²) in [6.45, 7) is 0. The second kappa shape index (κ2) is 6.75. The van der Waals surface area contributed by atoms with Crippen molar-refractivity contribution in [2.75, 3.05) is 14.2 Å². The van der Waals surface area contributed by atoms with Crippen LogP contribution in [0.25, 0.3) is 22.3 Å². The third kappa shape index (κ3) is 3.04. The monoisotopic (exact) mass is 359 g/mol. The van der Waals surface area contributed by atoms with Crippen LogP contribution < -0.4 is 15.2 Å². The van der Waals surface area contributed by atoms with Crippen molar-refractivity contribution in [1.82, 2.24) is 0 Å². The summed E-state index contributed by atoms with van der Waals surface area (Å²) in [4.78, 5) is 23.4. The fourth-order valence-electron chi connectivity index (χ4n) is 2.57. The van der Waals surface area contributed by atoms with Gasteiger partial charge in [-0.25, -0.2) is 14.0 Å². The molecule has 3 aromatic rings. The predicted molar refractivity (Wildman–Crippen MR) is 89.7 cm³/mol. The van der Waals surface area contributed by atoms with Gasteiger partial charge in [-0.05, 0) is 30.3 Å². The van der Waals surface area contributed by atoms with Gasteiger partial charge in [-0.3, -0.25) is 0 Å². The molecule has 0 atom stereocenters. The first-order valence-corrected chi connectivity index (χ1v) is 7.40. The predicted octanol–water partition coefficient (Wildman–Crippen LogP) is 3.49. The number of rotatable bonds is 4. The third-order valence-electron chi connectivity index (χ3n) is 3.70. The lowest BCUT2D eigenvalue weighted by Crippen LogP contribution is -2.18. The highest BCUT2D eigenvalue weighted by atomic mass is 19.1. The molecule has 0 radical (unpaired) electrons. The zero-order chi connectivity index (χ0) is 18.8. The van der Waals surface area contributed by atoms with Crippen LogP contribution in [0.5, 0.6) is 11.5 Å². The number of benzene rings is 2. The lowest BCUT2D eigenvalue weighted by atomic mass is 10.1. The molecule has 2 N–H and O–H groups in total. The molecule has 0 fully saturated rings. The van der Waals surface area contributed by atoms with Crippen LogP contribution in [-0.4, -0.2) is 26.3 Å². The molecule has 0 aliphatic carbocycles. The van der Waals surface area contributed by atoms with Gasteiger partial charge in [-0.1, -0.05) is 0 Å². The van der Waals surface area contributed by atoms with Gasteiger partial charge < -0.3 is 24.4 Å². The van der Waals surface area contributed by atoms with Crippen LogP contribution in [0.3, 0.4) is 0 Å². The van der Waals surface area contributed by atoms with Crippen LogP contribution in [0.2, 0.25) is 0 Å². The summed E-state index contributed by atoms with van der Waals surface area (Å²) in [6.07, 6.45) is -1.25. The molecule has 0 saturated heterocycles. The first kappa shape index (κ1) is 17.3. The first-order chi connectivity index (χ1) is 12.4. The van der Waals surface area contributed by atoms with Crippen molar-refractivity contribution in [1.29, 1.82) is 0 Å². The molecular formula is C18H14FNO6. The van der Waals surface area contributed by atoms with Crippen molar-refractivity contribution in [2.45, 2.75) is 0 Å². The summed E-state index contributed by atoms with van der Waals surface area (Å²) in [6, 6.07) is 8.34. The molecule has 0 aliphatic rings. The van der Waals surface area contributed by atoms with Gasteiger partial charge in [0.05, 0.1) is 14.2 Å². The highest BCUT2D eigenvalue weighted by Crippen LogP contribution is 2.40. The number of primary amides is 1. The second-order valence-corrected chi connectivity index (χ2v) is 5.22. The van der Waals surface area contributed by atoms with Gasteiger partial charge >= 0.3 is 12.1 Å². The number of fused-ring (bicyclic) bond motifs is 1. The minimum absolute atomic E-state index is 0.0358. The maximum atomic E-state index is 13.2. The molecule has 0 unspecified atom stereocenters. The van der Waals surface area contributed by atoms with E-state index in [1.165, 1.54) is 50.6 Å². The number of hydrogen-bond acceptors (Lipinski definition) is 6. The summed E-state index contributed by atoms with van der Waals surface area (Å²) >= 11 is 0. The van der Waals surface area contributed by atoms with E-state index in [2.05, 4.69) is 4.74 Å². The average Bonchev–Trinajstić information content (AvgIpc) is 2.98. The van der Waals surface area contributed by atoms with E-state index in [1.807, 2.05) is 0 Å². The molecule has 0 spiro atoms. The Labute approximate surface area is 147 Å². The van der Waals surface area contributed by atoms with Crippen molar-refractivity contribution in [2.24, 2.45) is 5.73 Å². The molecule has 0 saturated carbocycles. The van der Waals surface area contributed by atoms with E-state index in [0.717, 1.165) is 0 Å². The number of carbonyl (C=O) groups excluding carboxylic acids is 2. The number of halogens is 1. The van der Waals surface area contributed by atoms with Crippen LogP contribution in [0.4, 0.5) is 9.18 Å². The molecule has 7 nitrogen and oxygen atoms in total. The first-order valence-electron chi connectivity index (χ1n) is 7.40. The average molecular weight is 359 g/mol. The van der Waals surface area contributed by atoms with Crippen molar-refractivity contribution >= 4 is 23.0 Å². The largest absolute Gasteiger partial charge is 0.493 e. The van der Waals surface area contributed by atoms with E-state index in [9.17, 15) is 14.0 Å². The normalized spacial score (nSPS) is 10.6. The van der Waals surface area contributed by atoms with Crippen LogP contribution in [0, 0.1) is 5.82 Å². The number of nitrogens with two attached hydrogens (primary N) is 1. The Morgan fingerprint density at radius 1 is 1.04 bits per heavy atom. The van der Waals surface area contributed by atoms with E-state index in [0.29, 0.717) is 28.0 Å². The smallest absolute Gasteiger partial charge is 0.412 e. The van der Waals surface area contributed by atoms with Crippen LogP contribution in [0.1, 0.15) is 10.4 Å². The molecule has 0 bridgehead atoms. The minimum atomic E-state index is -1.25. The molecule has 1 heterocycles. The molecule has 8 heteroatoms. The molecular weight excluding hydrogens is 345 g/mol. The van der Waals surface area contributed by atoms with E-state index in [1.54, 1.807) is 0 Å². The lowest BCUT2D eigenvalue weighted by Gasteiger charge is -2.07. The summed E-state index contributed by atoms with van der Waals surface area (Å²) in [5.41, 5.74) is 5.62. The number of amides is 1. The number of ether oxygens (including phenoxy) is 3. The number of esters is 1.